The molecule has 1 heterocycles. The number of hydrogen-bond donors (Lipinski definition) is 3. The van der Waals surface area contributed by atoms with Crippen molar-refractivity contribution in [1.82, 2.24) is 15.7 Å². The van der Waals surface area contributed by atoms with Gasteiger partial charge in [-0.1, -0.05) is 6.92 Å². The fraction of sp³-hybridized carbons (Fsp3) is 0.800. The summed E-state index contributed by atoms with van der Waals surface area (Å²) in [5.41, 5.74) is 2.02. The molecule has 1 unspecified atom stereocenters. The number of rotatable bonds is 6. The minimum Gasteiger partial charge on any atom is -0.479 e. The molecule has 0 radical (unpaired) electrons. The van der Waals surface area contributed by atoms with Gasteiger partial charge in [-0.05, 0) is 25.4 Å². The van der Waals surface area contributed by atoms with Crippen molar-refractivity contribution in [2.45, 2.75) is 13.3 Å². The van der Waals surface area contributed by atoms with Crippen molar-refractivity contribution in [1.29, 1.82) is 0 Å². The van der Waals surface area contributed by atoms with Gasteiger partial charge in [0.25, 0.3) is 0 Å². The highest BCUT2D eigenvalue weighted by Crippen LogP contribution is 2.14. The number of amides is 2. The van der Waals surface area contributed by atoms with Crippen LogP contribution in [0.25, 0.3) is 0 Å². The van der Waals surface area contributed by atoms with Gasteiger partial charge in [-0.2, -0.15) is 0 Å². The van der Waals surface area contributed by atoms with Gasteiger partial charge in [0.15, 0.2) is 6.61 Å². The van der Waals surface area contributed by atoms with E-state index in [4.69, 9.17) is 5.11 Å². The van der Waals surface area contributed by atoms with Crippen molar-refractivity contribution in [2.24, 2.45) is 5.92 Å². The van der Waals surface area contributed by atoms with Crippen LogP contribution in [-0.2, 0) is 9.63 Å². The Hall–Kier alpha value is -1.34. The van der Waals surface area contributed by atoms with Gasteiger partial charge in [-0.3, -0.25) is 4.84 Å². The van der Waals surface area contributed by atoms with E-state index in [2.05, 4.69) is 22.0 Å². The Morgan fingerprint density at radius 2 is 2.29 bits per heavy atom. The number of likely N-dealkylation sites (tertiary alicyclic amines) is 1. The molecule has 1 rings (SSSR count). The fourth-order valence-electron chi connectivity index (χ4n) is 1.80. The van der Waals surface area contributed by atoms with Crippen molar-refractivity contribution in [3.8, 4) is 0 Å². The van der Waals surface area contributed by atoms with Gasteiger partial charge in [-0.25, -0.2) is 15.1 Å². The van der Waals surface area contributed by atoms with E-state index in [9.17, 15) is 9.59 Å². The molecule has 0 aromatic carbocycles. The summed E-state index contributed by atoms with van der Waals surface area (Å²) >= 11 is 0. The number of nitrogens with zero attached hydrogens (tertiary/aromatic N) is 1. The minimum atomic E-state index is -1.13. The monoisotopic (exact) mass is 245 g/mol. The lowest BCUT2D eigenvalue weighted by molar-refractivity contribution is -0.144. The van der Waals surface area contributed by atoms with Crippen LogP contribution in [0.1, 0.15) is 13.3 Å². The van der Waals surface area contributed by atoms with Crippen molar-refractivity contribution < 1.29 is 19.5 Å². The Kier molecular flexibility index (Phi) is 5.71. The third-order valence-electron chi connectivity index (χ3n) is 2.73. The molecule has 1 atom stereocenters. The highest BCUT2D eigenvalue weighted by Gasteiger charge is 2.21. The predicted octanol–water partition coefficient (Wildman–Crippen LogP) is -0.356. The molecule has 17 heavy (non-hydrogen) atoms. The molecule has 1 fully saturated rings. The van der Waals surface area contributed by atoms with E-state index in [0.29, 0.717) is 12.5 Å². The molecule has 0 aliphatic carbocycles. The smallest absolute Gasteiger partial charge is 0.338 e. The Labute approximate surface area is 100 Å². The molecule has 2 amide bonds. The van der Waals surface area contributed by atoms with E-state index in [1.165, 1.54) is 0 Å². The summed E-state index contributed by atoms with van der Waals surface area (Å²) in [6.07, 6.45) is 1.07. The first kappa shape index (κ1) is 13.7. The Morgan fingerprint density at radius 3 is 2.88 bits per heavy atom. The molecular weight excluding hydrogens is 226 g/mol. The van der Waals surface area contributed by atoms with Crippen LogP contribution in [0.2, 0.25) is 0 Å². The average molecular weight is 245 g/mol. The lowest BCUT2D eigenvalue weighted by Crippen LogP contribution is -2.39. The van der Waals surface area contributed by atoms with Crippen LogP contribution < -0.4 is 10.8 Å². The first-order chi connectivity index (χ1) is 8.11. The second kappa shape index (κ2) is 7.08. The number of carbonyl (C=O) groups is 2. The summed E-state index contributed by atoms with van der Waals surface area (Å²) in [5.74, 6) is -0.667. The Balaban J connectivity index is 2.06. The lowest BCUT2D eigenvalue weighted by atomic mass is 10.1. The van der Waals surface area contributed by atoms with Crippen LogP contribution in [0.15, 0.2) is 0 Å². The van der Waals surface area contributed by atoms with E-state index in [1.54, 1.807) is 0 Å². The van der Waals surface area contributed by atoms with Crippen LogP contribution in [-0.4, -0.2) is 54.8 Å². The van der Waals surface area contributed by atoms with Crippen LogP contribution in [0.4, 0.5) is 4.79 Å². The van der Waals surface area contributed by atoms with Crippen LogP contribution in [0.5, 0.6) is 0 Å². The van der Waals surface area contributed by atoms with Crippen molar-refractivity contribution >= 4 is 12.0 Å². The maximum Gasteiger partial charge on any atom is 0.338 e. The standard InChI is InChI=1S/C10H19N3O4/c1-2-13-4-3-8(6-13)5-11-10(16)12-17-7-9(14)15/h8H,2-7H2,1H3,(H,14,15)(H2,11,12,16). The number of carboxylic acid groups (broad SMARTS) is 1. The van der Waals surface area contributed by atoms with E-state index < -0.39 is 18.6 Å². The first-order valence-electron chi connectivity index (χ1n) is 5.71. The zero-order chi connectivity index (χ0) is 12.7. The van der Waals surface area contributed by atoms with E-state index in [0.717, 1.165) is 26.1 Å². The van der Waals surface area contributed by atoms with Crippen molar-refractivity contribution in [3.63, 3.8) is 0 Å². The molecule has 0 saturated carbocycles. The number of carbonyl (C=O) groups excluding carboxylic acids is 1. The number of urea groups is 1. The highest BCUT2D eigenvalue weighted by molar-refractivity contribution is 5.73. The minimum absolute atomic E-state index is 0.458. The largest absolute Gasteiger partial charge is 0.479 e. The third kappa shape index (κ3) is 5.50. The first-order valence-corrected chi connectivity index (χ1v) is 5.71. The molecule has 1 saturated heterocycles. The van der Waals surface area contributed by atoms with E-state index in [1.807, 2.05) is 5.48 Å². The molecule has 0 aromatic rings. The van der Waals surface area contributed by atoms with Gasteiger partial charge >= 0.3 is 12.0 Å². The summed E-state index contributed by atoms with van der Waals surface area (Å²) in [5, 5.41) is 10.9. The molecule has 0 spiro atoms. The Bertz CT molecular complexity index is 272. The Morgan fingerprint density at radius 1 is 1.53 bits per heavy atom. The maximum absolute atomic E-state index is 11.2. The van der Waals surface area contributed by atoms with Crippen LogP contribution in [0.3, 0.4) is 0 Å². The van der Waals surface area contributed by atoms with Crippen molar-refractivity contribution in [3.05, 3.63) is 0 Å². The zero-order valence-corrected chi connectivity index (χ0v) is 9.94. The molecule has 7 nitrogen and oxygen atoms in total. The molecule has 3 N–H and O–H groups in total. The van der Waals surface area contributed by atoms with Gasteiger partial charge in [0.2, 0.25) is 0 Å². The fourth-order valence-corrected chi connectivity index (χ4v) is 1.80. The summed E-state index contributed by atoms with van der Waals surface area (Å²) in [6, 6.07) is -0.499. The van der Waals surface area contributed by atoms with Gasteiger partial charge in [0, 0.05) is 13.1 Å². The van der Waals surface area contributed by atoms with Gasteiger partial charge in [0.1, 0.15) is 0 Å². The molecule has 98 valence electrons. The molecule has 0 aromatic heterocycles. The van der Waals surface area contributed by atoms with Gasteiger partial charge in [-0.15, -0.1) is 0 Å². The second-order valence-electron chi connectivity index (χ2n) is 4.04. The number of carboxylic acids is 1. The molecule has 1 aliphatic heterocycles. The average Bonchev–Trinajstić information content (AvgIpc) is 2.73. The number of hydroxylamine groups is 1. The molecule has 7 heteroatoms. The van der Waals surface area contributed by atoms with Crippen molar-refractivity contribution in [2.75, 3.05) is 32.8 Å². The maximum atomic E-state index is 11.2. The summed E-state index contributed by atoms with van der Waals surface area (Å²) in [6.45, 7) is 5.25. The van der Waals surface area contributed by atoms with E-state index >= 15 is 0 Å². The third-order valence-corrected chi connectivity index (χ3v) is 2.73. The quantitative estimate of drug-likeness (QED) is 0.556. The normalized spacial score (nSPS) is 20.2. The SMILES string of the molecule is CCN1CCC(CNC(=O)NOCC(=O)O)C1. The highest BCUT2D eigenvalue weighted by atomic mass is 16.7. The second-order valence-corrected chi connectivity index (χ2v) is 4.04. The summed E-state index contributed by atoms with van der Waals surface area (Å²) < 4.78 is 0. The number of aliphatic carboxylic acids is 1. The predicted molar refractivity (Wildman–Crippen MR) is 60.3 cm³/mol. The van der Waals surface area contributed by atoms with Crippen LogP contribution >= 0.6 is 0 Å². The lowest BCUT2D eigenvalue weighted by Gasteiger charge is -2.13. The summed E-state index contributed by atoms with van der Waals surface area (Å²) in [4.78, 5) is 28.1. The van der Waals surface area contributed by atoms with Crippen LogP contribution in [0, 0.1) is 5.92 Å². The zero-order valence-electron chi connectivity index (χ0n) is 9.94. The van der Waals surface area contributed by atoms with E-state index in [-0.39, 0.29) is 0 Å². The van der Waals surface area contributed by atoms with Gasteiger partial charge < -0.3 is 15.3 Å². The number of nitrogens with one attached hydrogen (secondary N) is 2. The summed E-state index contributed by atoms with van der Waals surface area (Å²) in [7, 11) is 0. The topological polar surface area (TPSA) is 90.9 Å². The molecule has 0 bridgehead atoms. The number of hydrogen-bond acceptors (Lipinski definition) is 4. The molecule has 1 aliphatic rings. The molecular formula is C10H19N3O4. The van der Waals surface area contributed by atoms with Gasteiger partial charge in [0.05, 0.1) is 0 Å².